The molecule has 0 amide bonds. The lowest BCUT2D eigenvalue weighted by molar-refractivity contribution is 0.0690. The zero-order valence-electron chi connectivity index (χ0n) is 14.2. The van der Waals surface area contributed by atoms with E-state index in [4.69, 9.17) is 0 Å². The molecule has 3 rings (SSSR count). The first-order chi connectivity index (χ1) is 11.1. The quantitative estimate of drug-likeness (QED) is 0.874. The molecule has 7 nitrogen and oxygen atoms in total. The van der Waals surface area contributed by atoms with E-state index in [-0.39, 0.29) is 13.1 Å². The summed E-state index contributed by atoms with van der Waals surface area (Å²) < 4.78 is 0. The standard InChI is InChI=1S/C14H21N5O2.C2H6.CH4/c1-18-5-7-19(8-6-18)14-16-11(13(20)21)9-12(17-14)15-10-3-2-4-10;1-2;/h9-10H,2-8H2,1H3,(H,20,21)(H,15,16,17);1-2H3;1H4. The number of nitrogens with zero attached hydrogens (tertiary/aromatic N) is 4. The van der Waals surface area contributed by atoms with Crippen molar-refractivity contribution in [1.82, 2.24) is 14.9 Å². The number of aromatic carboxylic acids is 1. The minimum Gasteiger partial charge on any atom is -0.477 e. The Bertz CT molecular complexity index is 526. The van der Waals surface area contributed by atoms with Crippen LogP contribution in [0.3, 0.4) is 0 Å². The van der Waals surface area contributed by atoms with Crippen molar-refractivity contribution in [2.24, 2.45) is 0 Å². The fourth-order valence-electron chi connectivity index (χ4n) is 2.53. The van der Waals surface area contributed by atoms with Gasteiger partial charge in [-0.15, -0.1) is 0 Å². The first-order valence-corrected chi connectivity index (χ1v) is 8.44. The molecule has 24 heavy (non-hydrogen) atoms. The van der Waals surface area contributed by atoms with Crippen molar-refractivity contribution in [3.8, 4) is 0 Å². The number of nitrogens with one attached hydrogen (secondary N) is 1. The van der Waals surface area contributed by atoms with Crippen LogP contribution in [0, 0.1) is 0 Å². The van der Waals surface area contributed by atoms with Gasteiger partial charge in [-0.05, 0) is 26.3 Å². The van der Waals surface area contributed by atoms with Gasteiger partial charge in [0.1, 0.15) is 5.82 Å². The Balaban J connectivity index is 0.000000925. The van der Waals surface area contributed by atoms with E-state index in [0.717, 1.165) is 39.0 Å². The van der Waals surface area contributed by atoms with Crippen LogP contribution >= 0.6 is 0 Å². The van der Waals surface area contributed by atoms with E-state index in [1.54, 1.807) is 0 Å². The van der Waals surface area contributed by atoms with Gasteiger partial charge in [0.25, 0.3) is 0 Å². The molecule has 2 N–H and O–H groups in total. The van der Waals surface area contributed by atoms with E-state index in [0.29, 0.717) is 17.8 Å². The Kier molecular flexibility index (Phi) is 7.91. The highest BCUT2D eigenvalue weighted by atomic mass is 16.4. The van der Waals surface area contributed by atoms with Gasteiger partial charge in [0.15, 0.2) is 5.69 Å². The van der Waals surface area contributed by atoms with Crippen LogP contribution < -0.4 is 10.2 Å². The largest absolute Gasteiger partial charge is 0.477 e. The first kappa shape index (κ1) is 20.2. The highest BCUT2D eigenvalue weighted by Gasteiger charge is 2.22. The fraction of sp³-hybridized carbons (Fsp3) is 0.706. The van der Waals surface area contributed by atoms with Gasteiger partial charge in [-0.25, -0.2) is 9.78 Å². The Labute approximate surface area is 145 Å². The lowest BCUT2D eigenvalue weighted by atomic mass is 9.93. The number of aromatic nitrogens is 2. The third-order valence-electron chi connectivity index (χ3n) is 4.18. The van der Waals surface area contributed by atoms with E-state index in [9.17, 15) is 9.90 Å². The van der Waals surface area contributed by atoms with Crippen molar-refractivity contribution in [1.29, 1.82) is 0 Å². The summed E-state index contributed by atoms with van der Waals surface area (Å²) >= 11 is 0. The Morgan fingerprint density at radius 3 is 2.33 bits per heavy atom. The van der Waals surface area contributed by atoms with Gasteiger partial charge in [0.05, 0.1) is 0 Å². The monoisotopic (exact) mass is 337 g/mol. The summed E-state index contributed by atoms with van der Waals surface area (Å²) in [6.07, 6.45) is 3.46. The number of anilines is 2. The summed E-state index contributed by atoms with van der Waals surface area (Å²) in [5.74, 6) is 0.135. The fourth-order valence-corrected chi connectivity index (χ4v) is 2.53. The molecule has 2 fully saturated rings. The predicted molar refractivity (Wildman–Crippen MR) is 98.0 cm³/mol. The highest BCUT2D eigenvalue weighted by molar-refractivity contribution is 5.86. The zero-order valence-corrected chi connectivity index (χ0v) is 14.2. The SMILES string of the molecule is C.CC.CN1CCN(c2nc(NC3CCC3)cc(C(=O)O)n2)CC1. The van der Waals surface area contributed by atoms with Crippen LogP contribution in [0.15, 0.2) is 6.07 Å². The topological polar surface area (TPSA) is 81.6 Å². The van der Waals surface area contributed by atoms with Crippen molar-refractivity contribution in [2.75, 3.05) is 43.4 Å². The molecule has 0 unspecified atom stereocenters. The Morgan fingerprint density at radius 1 is 1.21 bits per heavy atom. The summed E-state index contributed by atoms with van der Waals surface area (Å²) in [5, 5.41) is 12.5. The van der Waals surface area contributed by atoms with Crippen molar-refractivity contribution in [3.05, 3.63) is 11.8 Å². The third kappa shape index (κ3) is 5.06. The Hall–Kier alpha value is -1.89. The van der Waals surface area contributed by atoms with Gasteiger partial charge in [0, 0.05) is 38.3 Å². The summed E-state index contributed by atoms with van der Waals surface area (Å²) in [4.78, 5) is 24.3. The smallest absolute Gasteiger partial charge is 0.354 e. The molecule has 1 saturated carbocycles. The predicted octanol–water partition coefficient (Wildman–Crippen LogP) is 2.55. The average molecular weight is 337 g/mol. The number of carbonyl (C=O) groups is 1. The molecule has 7 heteroatoms. The summed E-state index contributed by atoms with van der Waals surface area (Å²) in [6.45, 7) is 7.52. The lowest BCUT2D eigenvalue weighted by Gasteiger charge is -2.33. The lowest BCUT2D eigenvalue weighted by Crippen LogP contribution is -2.45. The van der Waals surface area contributed by atoms with Crippen molar-refractivity contribution >= 4 is 17.7 Å². The van der Waals surface area contributed by atoms with E-state index in [1.807, 2.05) is 13.8 Å². The molecule has 0 radical (unpaired) electrons. The van der Waals surface area contributed by atoms with Gasteiger partial charge in [0.2, 0.25) is 5.95 Å². The maximum Gasteiger partial charge on any atom is 0.354 e. The second-order valence-corrected chi connectivity index (χ2v) is 5.81. The van der Waals surface area contributed by atoms with Crippen LogP contribution in [0.4, 0.5) is 11.8 Å². The van der Waals surface area contributed by atoms with Gasteiger partial charge >= 0.3 is 5.97 Å². The summed E-state index contributed by atoms with van der Waals surface area (Å²) in [7, 11) is 2.08. The number of hydrogen-bond acceptors (Lipinski definition) is 6. The molecule has 136 valence electrons. The molecule has 1 saturated heterocycles. The molecule has 1 aliphatic heterocycles. The molecular weight excluding hydrogens is 306 g/mol. The normalized spacial score (nSPS) is 17.9. The molecule has 1 aliphatic carbocycles. The number of hydrogen-bond donors (Lipinski definition) is 2. The van der Waals surface area contributed by atoms with Crippen LogP contribution in [-0.4, -0.2) is 65.2 Å². The zero-order chi connectivity index (χ0) is 16.8. The van der Waals surface area contributed by atoms with Crippen LogP contribution in [0.1, 0.15) is 51.0 Å². The third-order valence-corrected chi connectivity index (χ3v) is 4.18. The molecule has 2 heterocycles. The van der Waals surface area contributed by atoms with E-state index in [1.165, 1.54) is 12.5 Å². The van der Waals surface area contributed by atoms with Crippen molar-refractivity contribution in [2.45, 2.75) is 46.6 Å². The molecule has 0 atom stereocenters. The van der Waals surface area contributed by atoms with Crippen molar-refractivity contribution in [3.63, 3.8) is 0 Å². The number of carboxylic acids is 1. The van der Waals surface area contributed by atoms with E-state index >= 15 is 0 Å². The summed E-state index contributed by atoms with van der Waals surface area (Å²) in [6, 6.07) is 1.95. The molecular formula is C17H31N5O2. The molecule has 0 spiro atoms. The molecule has 2 aliphatic rings. The number of likely N-dealkylation sites (N-methyl/N-ethyl adjacent to an activating group) is 1. The average Bonchev–Trinajstić information content (AvgIpc) is 2.53. The van der Waals surface area contributed by atoms with Crippen LogP contribution in [0.5, 0.6) is 0 Å². The second kappa shape index (κ2) is 9.42. The molecule has 0 aromatic carbocycles. The van der Waals surface area contributed by atoms with E-state index < -0.39 is 5.97 Å². The van der Waals surface area contributed by atoms with Gasteiger partial charge in [-0.1, -0.05) is 21.3 Å². The van der Waals surface area contributed by atoms with Gasteiger partial charge < -0.3 is 20.2 Å². The highest BCUT2D eigenvalue weighted by Crippen LogP contribution is 2.24. The molecule has 1 aromatic heterocycles. The minimum absolute atomic E-state index is 0. The second-order valence-electron chi connectivity index (χ2n) is 5.81. The summed E-state index contributed by atoms with van der Waals surface area (Å²) in [5.41, 5.74) is 0.0563. The van der Waals surface area contributed by atoms with Crippen LogP contribution in [0.2, 0.25) is 0 Å². The minimum atomic E-state index is -1.01. The van der Waals surface area contributed by atoms with E-state index in [2.05, 4.69) is 32.1 Å². The number of carboxylic acid groups (broad SMARTS) is 1. The van der Waals surface area contributed by atoms with Crippen molar-refractivity contribution < 1.29 is 9.90 Å². The maximum atomic E-state index is 11.3. The maximum absolute atomic E-state index is 11.3. The Morgan fingerprint density at radius 2 is 1.83 bits per heavy atom. The molecule has 1 aromatic rings. The molecule has 0 bridgehead atoms. The first-order valence-electron chi connectivity index (χ1n) is 8.44. The van der Waals surface area contributed by atoms with Gasteiger partial charge in [-0.3, -0.25) is 0 Å². The van der Waals surface area contributed by atoms with Crippen LogP contribution in [-0.2, 0) is 0 Å². The number of rotatable bonds is 4. The van der Waals surface area contributed by atoms with Gasteiger partial charge in [-0.2, -0.15) is 4.98 Å². The number of piperazine rings is 1. The van der Waals surface area contributed by atoms with Crippen LogP contribution in [0.25, 0.3) is 0 Å².